The van der Waals surface area contributed by atoms with Crippen LogP contribution in [0.1, 0.15) is 5.56 Å². The van der Waals surface area contributed by atoms with E-state index in [9.17, 15) is 9.18 Å². The Bertz CT molecular complexity index is 666. The first-order valence-electron chi connectivity index (χ1n) is 6.52. The first-order chi connectivity index (χ1) is 10.5. The molecule has 0 radical (unpaired) electrons. The molecular weight excluding hydrogens is 346 g/mol. The Morgan fingerprint density at radius 2 is 2.26 bits per heavy atom. The minimum absolute atomic E-state index is 0. The van der Waals surface area contributed by atoms with Crippen molar-refractivity contribution in [2.75, 3.05) is 19.0 Å². The number of methoxy groups -OCH3 is 1. The molecule has 0 saturated carbocycles. The van der Waals surface area contributed by atoms with Crippen molar-refractivity contribution in [2.24, 2.45) is 5.73 Å². The second-order valence-corrected chi connectivity index (χ2v) is 5.08. The maximum atomic E-state index is 13.4. The third kappa shape index (κ3) is 5.18. The molecule has 0 fully saturated rings. The van der Waals surface area contributed by atoms with Gasteiger partial charge in [0.05, 0.1) is 24.4 Å². The van der Waals surface area contributed by atoms with Crippen LogP contribution >= 0.6 is 24.0 Å². The molecule has 9 heteroatoms. The van der Waals surface area contributed by atoms with Crippen molar-refractivity contribution in [1.29, 1.82) is 0 Å². The molecule has 1 amide bonds. The molecule has 2 rings (SSSR count). The number of halogens is 3. The van der Waals surface area contributed by atoms with Crippen LogP contribution in [0.3, 0.4) is 0 Å². The van der Waals surface area contributed by atoms with E-state index in [0.29, 0.717) is 11.4 Å². The van der Waals surface area contributed by atoms with Crippen molar-refractivity contribution >= 4 is 35.7 Å². The number of aromatic nitrogens is 2. The zero-order chi connectivity index (χ0) is 16.1. The number of nitrogens with zero attached hydrogens (tertiary/aromatic N) is 2. The van der Waals surface area contributed by atoms with E-state index in [1.807, 2.05) is 0 Å². The Labute approximate surface area is 144 Å². The highest BCUT2D eigenvalue weighted by molar-refractivity contribution is 6.30. The van der Waals surface area contributed by atoms with Crippen LogP contribution in [0.15, 0.2) is 30.5 Å². The topological polar surface area (TPSA) is 82.2 Å². The van der Waals surface area contributed by atoms with Crippen LogP contribution in [0.25, 0.3) is 0 Å². The van der Waals surface area contributed by atoms with Gasteiger partial charge >= 0.3 is 0 Å². The van der Waals surface area contributed by atoms with E-state index < -0.39 is 11.9 Å². The number of carbonyl (C=O) groups excluding carboxylic acids is 1. The molecule has 1 aromatic carbocycles. The van der Waals surface area contributed by atoms with Gasteiger partial charge in [-0.05, 0) is 17.7 Å². The summed E-state index contributed by atoms with van der Waals surface area (Å²) in [6.07, 6.45) is 1.53. The maximum absolute atomic E-state index is 13.4. The lowest BCUT2D eigenvalue weighted by Crippen LogP contribution is -2.39. The normalized spacial score (nSPS) is 11.7. The summed E-state index contributed by atoms with van der Waals surface area (Å²) < 4.78 is 19.8. The average Bonchev–Trinajstić information content (AvgIpc) is 2.90. The van der Waals surface area contributed by atoms with Gasteiger partial charge in [-0.2, -0.15) is 5.10 Å². The summed E-state index contributed by atoms with van der Waals surface area (Å²) >= 11 is 5.65. The molecule has 1 aromatic heterocycles. The van der Waals surface area contributed by atoms with Crippen molar-refractivity contribution in [3.05, 3.63) is 46.9 Å². The second kappa shape index (κ2) is 8.83. The predicted octanol–water partition coefficient (Wildman–Crippen LogP) is 2.06. The summed E-state index contributed by atoms with van der Waals surface area (Å²) in [5.74, 6) is -0.420. The smallest absolute Gasteiger partial charge is 0.244 e. The first-order valence-corrected chi connectivity index (χ1v) is 6.90. The van der Waals surface area contributed by atoms with E-state index in [-0.39, 0.29) is 36.5 Å². The van der Waals surface area contributed by atoms with Gasteiger partial charge in [0, 0.05) is 13.2 Å². The minimum atomic E-state index is -0.777. The van der Waals surface area contributed by atoms with E-state index in [1.54, 1.807) is 12.1 Å². The number of hydrogen-bond donors (Lipinski definition) is 2. The molecule has 23 heavy (non-hydrogen) atoms. The predicted molar refractivity (Wildman–Crippen MR) is 88.5 cm³/mol. The van der Waals surface area contributed by atoms with Crippen LogP contribution < -0.4 is 11.1 Å². The number of hydrogen-bond acceptors (Lipinski definition) is 4. The van der Waals surface area contributed by atoms with Crippen molar-refractivity contribution in [2.45, 2.75) is 12.6 Å². The highest BCUT2D eigenvalue weighted by Crippen LogP contribution is 2.17. The monoisotopic (exact) mass is 362 g/mol. The fourth-order valence-corrected chi connectivity index (χ4v) is 1.97. The molecule has 1 unspecified atom stereocenters. The van der Waals surface area contributed by atoms with E-state index in [0.717, 1.165) is 0 Å². The molecule has 2 aromatic rings. The van der Waals surface area contributed by atoms with E-state index in [2.05, 4.69) is 10.4 Å². The molecule has 1 heterocycles. The van der Waals surface area contributed by atoms with Crippen LogP contribution in [0.2, 0.25) is 5.02 Å². The first kappa shape index (κ1) is 19.4. The summed E-state index contributed by atoms with van der Waals surface area (Å²) in [5.41, 5.74) is 6.32. The van der Waals surface area contributed by atoms with Gasteiger partial charge in [-0.25, -0.2) is 9.07 Å². The van der Waals surface area contributed by atoms with Crippen LogP contribution in [-0.4, -0.2) is 35.4 Å². The molecular formula is C14H17Cl2FN4O2. The fraction of sp³-hybridized carbons (Fsp3) is 0.286. The molecule has 0 aliphatic heterocycles. The number of carbonyl (C=O) groups is 1. The molecule has 0 aliphatic rings. The summed E-state index contributed by atoms with van der Waals surface area (Å²) in [6, 6.07) is 5.34. The summed E-state index contributed by atoms with van der Waals surface area (Å²) in [7, 11) is 1.46. The zero-order valence-corrected chi connectivity index (χ0v) is 13.9. The highest BCUT2D eigenvalue weighted by Gasteiger charge is 2.15. The van der Waals surface area contributed by atoms with Gasteiger partial charge in [0.25, 0.3) is 0 Å². The Morgan fingerprint density at radius 1 is 1.52 bits per heavy atom. The maximum Gasteiger partial charge on any atom is 0.244 e. The molecule has 3 N–H and O–H groups in total. The number of ether oxygens (including phenoxy) is 1. The van der Waals surface area contributed by atoms with Crippen LogP contribution in [0, 0.1) is 5.82 Å². The van der Waals surface area contributed by atoms with Gasteiger partial charge in [-0.15, -0.1) is 12.4 Å². The fourth-order valence-electron chi connectivity index (χ4n) is 1.85. The third-order valence-electron chi connectivity index (χ3n) is 2.97. The van der Waals surface area contributed by atoms with Gasteiger partial charge in [-0.1, -0.05) is 17.7 Å². The summed E-state index contributed by atoms with van der Waals surface area (Å²) in [6.45, 7) is 0.401. The van der Waals surface area contributed by atoms with Gasteiger partial charge in [0.2, 0.25) is 5.91 Å². The SMILES string of the molecule is COCC(N)C(=O)Nc1ccnn1Cc1ccc(Cl)c(F)c1.Cl. The number of benzene rings is 1. The van der Waals surface area contributed by atoms with Gasteiger partial charge in [0.15, 0.2) is 0 Å². The Balaban J connectivity index is 0.00000264. The second-order valence-electron chi connectivity index (χ2n) is 4.67. The Hall–Kier alpha value is -1.67. The van der Waals surface area contributed by atoms with Crippen LogP contribution in [-0.2, 0) is 16.1 Å². The van der Waals surface area contributed by atoms with E-state index >= 15 is 0 Å². The lowest BCUT2D eigenvalue weighted by atomic mass is 10.2. The zero-order valence-electron chi connectivity index (χ0n) is 12.3. The molecule has 126 valence electrons. The number of nitrogens with one attached hydrogen (secondary N) is 1. The molecule has 0 saturated heterocycles. The average molecular weight is 363 g/mol. The summed E-state index contributed by atoms with van der Waals surface area (Å²) in [5, 5.41) is 6.81. The van der Waals surface area contributed by atoms with Gasteiger partial charge in [-0.3, -0.25) is 4.79 Å². The largest absolute Gasteiger partial charge is 0.383 e. The minimum Gasteiger partial charge on any atom is -0.383 e. The van der Waals surface area contributed by atoms with E-state index in [4.69, 9.17) is 22.1 Å². The molecule has 6 nitrogen and oxygen atoms in total. The lowest BCUT2D eigenvalue weighted by molar-refractivity contribution is -0.118. The van der Waals surface area contributed by atoms with Gasteiger partial charge < -0.3 is 15.8 Å². The number of nitrogens with two attached hydrogens (primary N) is 1. The summed E-state index contributed by atoms with van der Waals surface area (Å²) in [4.78, 5) is 11.9. The van der Waals surface area contributed by atoms with E-state index in [1.165, 1.54) is 30.1 Å². The van der Waals surface area contributed by atoms with Gasteiger partial charge in [0.1, 0.15) is 17.7 Å². The van der Waals surface area contributed by atoms with Crippen molar-refractivity contribution < 1.29 is 13.9 Å². The van der Waals surface area contributed by atoms with Crippen molar-refractivity contribution in [3.63, 3.8) is 0 Å². The Kier molecular flexibility index (Phi) is 7.44. The number of rotatable bonds is 6. The van der Waals surface area contributed by atoms with Crippen molar-refractivity contribution in [3.8, 4) is 0 Å². The molecule has 1 atom stereocenters. The highest BCUT2D eigenvalue weighted by atomic mass is 35.5. The third-order valence-corrected chi connectivity index (χ3v) is 3.27. The quantitative estimate of drug-likeness (QED) is 0.823. The molecule has 0 spiro atoms. The van der Waals surface area contributed by atoms with Crippen LogP contribution in [0.5, 0.6) is 0 Å². The molecule has 0 aliphatic carbocycles. The van der Waals surface area contributed by atoms with Crippen molar-refractivity contribution in [1.82, 2.24) is 9.78 Å². The number of anilines is 1. The number of amides is 1. The molecule has 0 bridgehead atoms. The Morgan fingerprint density at radius 3 is 2.91 bits per heavy atom. The lowest BCUT2D eigenvalue weighted by Gasteiger charge is -2.13. The van der Waals surface area contributed by atoms with Crippen LogP contribution in [0.4, 0.5) is 10.2 Å². The standard InChI is InChI=1S/C14H16ClFN4O2.ClH/c1-22-8-12(17)14(21)19-13-4-5-18-20(13)7-9-2-3-10(15)11(16)6-9;/h2-6,12H,7-8,17H2,1H3,(H,19,21);1H.